The first-order chi connectivity index (χ1) is 7.43. The molecule has 1 heterocycles. The second kappa shape index (κ2) is 8.62. The summed E-state index contributed by atoms with van der Waals surface area (Å²) in [5, 5.41) is 0. The van der Waals surface area contributed by atoms with Crippen LogP contribution < -0.4 is 0 Å². The normalized spacial score (nSPS) is 22.0. The van der Waals surface area contributed by atoms with Crippen molar-refractivity contribution in [3.05, 3.63) is 12.7 Å². The standard InChI is InChI=1S/C12H21NO2/c1-2-8-13-9-4-6-11-15-12-7-3-5-10-14-12/h2,9,12H,1,3-8,10-11H2. The van der Waals surface area contributed by atoms with Gasteiger partial charge in [0.15, 0.2) is 6.29 Å². The summed E-state index contributed by atoms with van der Waals surface area (Å²) in [7, 11) is 0. The minimum absolute atomic E-state index is 0.0452. The molecule has 1 unspecified atom stereocenters. The van der Waals surface area contributed by atoms with E-state index in [-0.39, 0.29) is 6.29 Å². The molecule has 0 saturated carbocycles. The maximum absolute atomic E-state index is 5.59. The molecule has 0 aromatic heterocycles. The summed E-state index contributed by atoms with van der Waals surface area (Å²) in [5.74, 6) is 0. The Morgan fingerprint density at radius 3 is 3.13 bits per heavy atom. The van der Waals surface area contributed by atoms with Crippen molar-refractivity contribution in [3.63, 3.8) is 0 Å². The highest BCUT2D eigenvalue weighted by atomic mass is 16.7. The fourth-order valence-electron chi connectivity index (χ4n) is 1.47. The van der Waals surface area contributed by atoms with Gasteiger partial charge in [0.2, 0.25) is 0 Å². The third-order valence-corrected chi connectivity index (χ3v) is 2.28. The first kappa shape index (κ1) is 12.4. The molecule has 86 valence electrons. The fourth-order valence-corrected chi connectivity index (χ4v) is 1.47. The van der Waals surface area contributed by atoms with Crippen LogP contribution in [0.2, 0.25) is 0 Å². The molecule has 0 aromatic rings. The van der Waals surface area contributed by atoms with Crippen LogP contribution in [-0.4, -0.2) is 32.3 Å². The summed E-state index contributed by atoms with van der Waals surface area (Å²) in [5.41, 5.74) is 0. The van der Waals surface area contributed by atoms with E-state index in [9.17, 15) is 0 Å². The van der Waals surface area contributed by atoms with Gasteiger partial charge in [0, 0.05) is 6.61 Å². The van der Waals surface area contributed by atoms with E-state index in [4.69, 9.17) is 9.47 Å². The highest BCUT2D eigenvalue weighted by Gasteiger charge is 2.12. The summed E-state index contributed by atoms with van der Waals surface area (Å²) in [6.45, 7) is 5.94. The maximum atomic E-state index is 5.59. The van der Waals surface area contributed by atoms with Crippen LogP contribution in [0.3, 0.4) is 0 Å². The Hall–Kier alpha value is -0.670. The molecule has 0 bridgehead atoms. The summed E-state index contributed by atoms with van der Waals surface area (Å²) in [6.07, 6.45) is 9.21. The van der Waals surface area contributed by atoms with Crippen molar-refractivity contribution in [1.82, 2.24) is 0 Å². The lowest BCUT2D eigenvalue weighted by atomic mass is 10.2. The molecular formula is C12H21NO2. The van der Waals surface area contributed by atoms with Crippen molar-refractivity contribution < 1.29 is 9.47 Å². The predicted octanol–water partition coefficient (Wildman–Crippen LogP) is 2.57. The van der Waals surface area contributed by atoms with E-state index in [1.165, 1.54) is 12.8 Å². The topological polar surface area (TPSA) is 30.8 Å². The van der Waals surface area contributed by atoms with Gasteiger partial charge in [-0.2, -0.15) is 0 Å². The molecule has 0 aliphatic carbocycles. The van der Waals surface area contributed by atoms with E-state index in [1.807, 2.05) is 6.21 Å². The molecule has 0 N–H and O–H groups in total. The molecule has 1 aliphatic heterocycles. The van der Waals surface area contributed by atoms with Crippen LogP contribution in [0.1, 0.15) is 32.1 Å². The van der Waals surface area contributed by atoms with Gasteiger partial charge in [0.25, 0.3) is 0 Å². The average Bonchev–Trinajstić information content (AvgIpc) is 2.29. The second-order valence-corrected chi connectivity index (χ2v) is 3.65. The molecule has 1 saturated heterocycles. The minimum atomic E-state index is 0.0452. The van der Waals surface area contributed by atoms with E-state index in [1.54, 1.807) is 6.08 Å². The van der Waals surface area contributed by atoms with Crippen LogP contribution in [0.25, 0.3) is 0 Å². The van der Waals surface area contributed by atoms with Gasteiger partial charge in [-0.15, -0.1) is 6.58 Å². The van der Waals surface area contributed by atoms with E-state index in [0.717, 1.165) is 32.5 Å². The molecular weight excluding hydrogens is 190 g/mol. The predicted molar refractivity (Wildman–Crippen MR) is 62.3 cm³/mol. The maximum Gasteiger partial charge on any atom is 0.157 e. The molecule has 1 aliphatic rings. The smallest absolute Gasteiger partial charge is 0.157 e. The molecule has 1 fully saturated rings. The number of ether oxygens (including phenoxy) is 2. The van der Waals surface area contributed by atoms with Crippen molar-refractivity contribution in [2.75, 3.05) is 19.8 Å². The van der Waals surface area contributed by atoms with Crippen LogP contribution in [0, 0.1) is 0 Å². The molecule has 0 amide bonds. The quantitative estimate of drug-likeness (QED) is 0.368. The van der Waals surface area contributed by atoms with Crippen molar-refractivity contribution in [1.29, 1.82) is 0 Å². The van der Waals surface area contributed by atoms with Crippen molar-refractivity contribution in [3.8, 4) is 0 Å². The third-order valence-electron chi connectivity index (χ3n) is 2.28. The Morgan fingerprint density at radius 2 is 2.40 bits per heavy atom. The van der Waals surface area contributed by atoms with Gasteiger partial charge in [-0.25, -0.2) is 0 Å². The Balaban J connectivity index is 1.89. The van der Waals surface area contributed by atoms with Gasteiger partial charge in [0.1, 0.15) is 0 Å². The van der Waals surface area contributed by atoms with E-state index in [2.05, 4.69) is 11.6 Å². The first-order valence-electron chi connectivity index (χ1n) is 5.76. The van der Waals surface area contributed by atoms with E-state index >= 15 is 0 Å². The number of rotatable bonds is 7. The minimum Gasteiger partial charge on any atom is -0.353 e. The van der Waals surface area contributed by atoms with Gasteiger partial charge in [0.05, 0.1) is 13.2 Å². The zero-order valence-electron chi connectivity index (χ0n) is 9.36. The first-order valence-corrected chi connectivity index (χ1v) is 5.76. The van der Waals surface area contributed by atoms with Crippen molar-refractivity contribution in [2.45, 2.75) is 38.4 Å². The molecule has 0 aromatic carbocycles. The highest BCUT2D eigenvalue weighted by molar-refractivity contribution is 5.57. The summed E-state index contributed by atoms with van der Waals surface area (Å²) in [4.78, 5) is 4.14. The Bertz CT molecular complexity index is 186. The lowest BCUT2D eigenvalue weighted by Gasteiger charge is -2.22. The molecule has 15 heavy (non-hydrogen) atoms. The second-order valence-electron chi connectivity index (χ2n) is 3.65. The highest BCUT2D eigenvalue weighted by Crippen LogP contribution is 2.13. The van der Waals surface area contributed by atoms with Crippen LogP contribution in [0.15, 0.2) is 17.6 Å². The number of aliphatic imine (C=N–C) groups is 1. The van der Waals surface area contributed by atoms with E-state index in [0.29, 0.717) is 6.54 Å². The van der Waals surface area contributed by atoms with E-state index < -0.39 is 0 Å². The Kier molecular flexibility index (Phi) is 7.13. The number of hydrogen-bond donors (Lipinski definition) is 0. The molecule has 1 rings (SSSR count). The monoisotopic (exact) mass is 211 g/mol. The molecule has 3 heteroatoms. The van der Waals surface area contributed by atoms with Gasteiger partial charge in [-0.3, -0.25) is 4.99 Å². The average molecular weight is 211 g/mol. The number of hydrogen-bond acceptors (Lipinski definition) is 3. The van der Waals surface area contributed by atoms with Crippen LogP contribution in [0.4, 0.5) is 0 Å². The lowest BCUT2D eigenvalue weighted by Crippen LogP contribution is -2.22. The Labute approximate surface area is 92.2 Å². The van der Waals surface area contributed by atoms with Gasteiger partial charge >= 0.3 is 0 Å². The van der Waals surface area contributed by atoms with Gasteiger partial charge in [-0.05, 0) is 38.3 Å². The van der Waals surface area contributed by atoms with Crippen LogP contribution in [0.5, 0.6) is 0 Å². The zero-order chi connectivity index (χ0) is 10.8. The summed E-state index contributed by atoms with van der Waals surface area (Å²) >= 11 is 0. The van der Waals surface area contributed by atoms with Gasteiger partial charge in [-0.1, -0.05) is 6.08 Å². The molecule has 0 radical (unpaired) electrons. The van der Waals surface area contributed by atoms with Crippen LogP contribution >= 0.6 is 0 Å². The lowest BCUT2D eigenvalue weighted by molar-refractivity contribution is -0.162. The largest absolute Gasteiger partial charge is 0.353 e. The molecule has 1 atom stereocenters. The van der Waals surface area contributed by atoms with Crippen molar-refractivity contribution in [2.24, 2.45) is 4.99 Å². The fraction of sp³-hybridized carbons (Fsp3) is 0.750. The zero-order valence-corrected chi connectivity index (χ0v) is 9.36. The summed E-state index contributed by atoms with van der Waals surface area (Å²) in [6, 6.07) is 0. The van der Waals surface area contributed by atoms with Crippen molar-refractivity contribution >= 4 is 6.21 Å². The van der Waals surface area contributed by atoms with Gasteiger partial charge < -0.3 is 9.47 Å². The SMILES string of the molecule is C=CCN=CCCCOC1CCCCO1. The molecule has 0 spiro atoms. The Morgan fingerprint density at radius 1 is 1.47 bits per heavy atom. The molecule has 3 nitrogen and oxygen atoms in total. The number of unbranched alkanes of at least 4 members (excludes halogenated alkanes) is 1. The number of nitrogens with zero attached hydrogens (tertiary/aromatic N) is 1. The summed E-state index contributed by atoms with van der Waals surface area (Å²) < 4.78 is 11.0. The van der Waals surface area contributed by atoms with Crippen LogP contribution in [-0.2, 0) is 9.47 Å². The third kappa shape index (κ3) is 6.42.